The lowest BCUT2D eigenvalue weighted by molar-refractivity contribution is 0.113. The topological polar surface area (TPSA) is 50.2 Å². The average Bonchev–Trinajstić information content (AvgIpc) is 2.59. The van der Waals surface area contributed by atoms with Crippen molar-refractivity contribution in [2.24, 2.45) is 18.9 Å². The highest BCUT2D eigenvalue weighted by atomic mass is 16.1. The van der Waals surface area contributed by atoms with E-state index in [1.807, 2.05) is 0 Å². The van der Waals surface area contributed by atoms with Gasteiger partial charge in [0.15, 0.2) is 5.82 Å². The standard InChI is InChI=1S/C18H28N4O/c1-21-10-8-19-17(18(21)23)22-9-2-3-15(12-22)20-16-11-13-4-6-14(16)7-5-13/h8,10,13-16,20H,2-7,9,11-12H2,1H3. The van der Waals surface area contributed by atoms with Crippen LogP contribution in [-0.4, -0.2) is 34.7 Å². The third kappa shape index (κ3) is 3.03. The molecule has 5 rings (SSSR count). The lowest BCUT2D eigenvalue weighted by Crippen LogP contribution is -2.54. The van der Waals surface area contributed by atoms with Crippen LogP contribution in [0.1, 0.15) is 44.9 Å². The molecule has 2 atom stereocenters. The fourth-order valence-corrected chi connectivity index (χ4v) is 4.89. The summed E-state index contributed by atoms with van der Waals surface area (Å²) in [5, 5.41) is 3.94. The lowest BCUT2D eigenvalue weighted by Gasteiger charge is -2.45. The SMILES string of the molecule is Cn1ccnc(N2CCCC(NC3CC4CCC3CC4)C2)c1=O. The number of hydrogen-bond donors (Lipinski definition) is 1. The van der Waals surface area contributed by atoms with E-state index < -0.39 is 0 Å². The zero-order valence-corrected chi connectivity index (χ0v) is 14.1. The zero-order chi connectivity index (χ0) is 15.8. The van der Waals surface area contributed by atoms with Gasteiger partial charge in [0.25, 0.3) is 5.56 Å². The van der Waals surface area contributed by atoms with Crippen molar-refractivity contribution in [1.29, 1.82) is 0 Å². The van der Waals surface area contributed by atoms with Gasteiger partial charge in [0.05, 0.1) is 0 Å². The number of piperidine rings is 1. The first-order valence-electron chi connectivity index (χ1n) is 9.23. The number of rotatable bonds is 3. The molecule has 4 fully saturated rings. The largest absolute Gasteiger partial charge is 0.350 e. The Kier molecular flexibility index (Phi) is 4.14. The highest BCUT2D eigenvalue weighted by molar-refractivity contribution is 5.36. The Labute approximate surface area is 138 Å². The molecule has 0 amide bonds. The molecule has 3 aliphatic carbocycles. The minimum atomic E-state index is 0.0184. The van der Waals surface area contributed by atoms with E-state index >= 15 is 0 Å². The number of fused-ring (bicyclic) bond motifs is 3. The van der Waals surface area contributed by atoms with Crippen LogP contribution in [-0.2, 0) is 7.05 Å². The summed E-state index contributed by atoms with van der Waals surface area (Å²) in [6, 6.07) is 1.21. The number of nitrogens with one attached hydrogen (secondary N) is 1. The number of anilines is 1. The molecule has 1 N–H and O–H groups in total. The molecule has 5 nitrogen and oxygen atoms in total. The summed E-state index contributed by atoms with van der Waals surface area (Å²) in [5.74, 6) is 2.46. The lowest BCUT2D eigenvalue weighted by atomic mass is 9.68. The van der Waals surface area contributed by atoms with Crippen molar-refractivity contribution < 1.29 is 0 Å². The Morgan fingerprint density at radius 2 is 2.04 bits per heavy atom. The third-order valence-corrected chi connectivity index (χ3v) is 6.22. The Morgan fingerprint density at radius 1 is 1.22 bits per heavy atom. The van der Waals surface area contributed by atoms with Gasteiger partial charge in [-0.25, -0.2) is 4.98 Å². The first-order valence-corrected chi connectivity index (χ1v) is 9.23. The molecule has 0 spiro atoms. The summed E-state index contributed by atoms with van der Waals surface area (Å²) in [6.45, 7) is 1.86. The van der Waals surface area contributed by atoms with Gasteiger partial charge in [0.1, 0.15) is 0 Å². The van der Waals surface area contributed by atoms with Gasteiger partial charge in [-0.05, 0) is 43.9 Å². The molecule has 0 radical (unpaired) electrons. The summed E-state index contributed by atoms with van der Waals surface area (Å²) in [7, 11) is 1.80. The van der Waals surface area contributed by atoms with E-state index in [0.717, 1.165) is 31.3 Å². The number of aromatic nitrogens is 2. The molecule has 2 unspecified atom stereocenters. The molecule has 0 aromatic carbocycles. The van der Waals surface area contributed by atoms with Gasteiger partial charge in [-0.1, -0.05) is 12.8 Å². The second-order valence-corrected chi connectivity index (χ2v) is 7.74. The highest BCUT2D eigenvalue weighted by Crippen LogP contribution is 2.41. The normalized spacial score (nSPS) is 33.9. The Balaban J connectivity index is 1.43. The smallest absolute Gasteiger partial charge is 0.293 e. The van der Waals surface area contributed by atoms with Crippen molar-refractivity contribution in [3.8, 4) is 0 Å². The van der Waals surface area contributed by atoms with Gasteiger partial charge in [-0.2, -0.15) is 0 Å². The summed E-state index contributed by atoms with van der Waals surface area (Å²) >= 11 is 0. The van der Waals surface area contributed by atoms with E-state index in [-0.39, 0.29) is 5.56 Å². The maximum absolute atomic E-state index is 12.3. The van der Waals surface area contributed by atoms with Crippen LogP contribution in [0.25, 0.3) is 0 Å². The number of nitrogens with zero attached hydrogens (tertiary/aromatic N) is 3. The highest BCUT2D eigenvalue weighted by Gasteiger charge is 2.37. The maximum Gasteiger partial charge on any atom is 0.293 e. The molecule has 4 aliphatic rings. The average molecular weight is 316 g/mol. The van der Waals surface area contributed by atoms with Crippen molar-refractivity contribution in [3.63, 3.8) is 0 Å². The molecule has 5 heteroatoms. The predicted octanol–water partition coefficient (Wildman–Crippen LogP) is 1.92. The minimum Gasteiger partial charge on any atom is -0.350 e. The van der Waals surface area contributed by atoms with E-state index in [9.17, 15) is 4.79 Å². The van der Waals surface area contributed by atoms with Crippen LogP contribution in [0.2, 0.25) is 0 Å². The van der Waals surface area contributed by atoms with Crippen LogP contribution in [0.5, 0.6) is 0 Å². The van der Waals surface area contributed by atoms with Crippen LogP contribution >= 0.6 is 0 Å². The summed E-state index contributed by atoms with van der Waals surface area (Å²) in [4.78, 5) is 18.8. The van der Waals surface area contributed by atoms with E-state index in [0.29, 0.717) is 17.9 Å². The van der Waals surface area contributed by atoms with Crippen LogP contribution in [0.15, 0.2) is 17.2 Å². The summed E-state index contributed by atoms with van der Waals surface area (Å²) in [5.41, 5.74) is 0.0184. The first-order chi connectivity index (χ1) is 11.2. The summed E-state index contributed by atoms with van der Waals surface area (Å²) < 4.78 is 1.62. The fraction of sp³-hybridized carbons (Fsp3) is 0.778. The molecular formula is C18H28N4O. The van der Waals surface area contributed by atoms with Crippen molar-refractivity contribution in [3.05, 3.63) is 22.7 Å². The first kappa shape index (κ1) is 15.2. The van der Waals surface area contributed by atoms with E-state index in [1.54, 1.807) is 24.0 Å². The van der Waals surface area contributed by atoms with Crippen molar-refractivity contribution in [2.75, 3.05) is 18.0 Å². The minimum absolute atomic E-state index is 0.0184. The van der Waals surface area contributed by atoms with E-state index in [2.05, 4.69) is 15.2 Å². The second-order valence-electron chi connectivity index (χ2n) is 7.74. The van der Waals surface area contributed by atoms with Gasteiger partial charge in [-0.3, -0.25) is 4.79 Å². The molecule has 1 saturated heterocycles. The zero-order valence-electron chi connectivity index (χ0n) is 14.1. The Morgan fingerprint density at radius 3 is 2.78 bits per heavy atom. The monoisotopic (exact) mass is 316 g/mol. The molecule has 1 aromatic heterocycles. The van der Waals surface area contributed by atoms with Crippen LogP contribution in [0, 0.1) is 11.8 Å². The van der Waals surface area contributed by atoms with Crippen LogP contribution < -0.4 is 15.8 Å². The molecule has 3 saturated carbocycles. The van der Waals surface area contributed by atoms with Crippen LogP contribution in [0.4, 0.5) is 5.82 Å². The maximum atomic E-state index is 12.3. The number of aryl methyl sites for hydroxylation is 1. The van der Waals surface area contributed by atoms with E-state index in [4.69, 9.17) is 0 Å². The van der Waals surface area contributed by atoms with E-state index in [1.165, 1.54) is 38.5 Å². The quantitative estimate of drug-likeness (QED) is 0.925. The van der Waals surface area contributed by atoms with Gasteiger partial charge in [-0.15, -0.1) is 0 Å². The van der Waals surface area contributed by atoms with Crippen molar-refractivity contribution in [1.82, 2.24) is 14.9 Å². The molecule has 1 aromatic rings. The van der Waals surface area contributed by atoms with Crippen LogP contribution in [0.3, 0.4) is 0 Å². The van der Waals surface area contributed by atoms with Crippen molar-refractivity contribution in [2.45, 2.75) is 57.0 Å². The van der Waals surface area contributed by atoms with Crippen molar-refractivity contribution >= 4 is 5.82 Å². The molecule has 2 heterocycles. The predicted molar refractivity (Wildman–Crippen MR) is 91.7 cm³/mol. The Bertz CT molecular complexity index is 605. The third-order valence-electron chi connectivity index (χ3n) is 6.22. The second kappa shape index (κ2) is 6.27. The summed E-state index contributed by atoms with van der Waals surface area (Å²) in [6.07, 6.45) is 12.9. The Hall–Kier alpha value is -1.36. The molecule has 126 valence electrons. The molecule has 23 heavy (non-hydrogen) atoms. The molecule has 1 aliphatic heterocycles. The van der Waals surface area contributed by atoms with Gasteiger partial charge < -0.3 is 14.8 Å². The van der Waals surface area contributed by atoms with Gasteiger partial charge in [0, 0.05) is 44.6 Å². The van der Waals surface area contributed by atoms with Gasteiger partial charge >= 0.3 is 0 Å². The number of hydrogen-bond acceptors (Lipinski definition) is 4. The molecule has 2 bridgehead atoms. The fourth-order valence-electron chi connectivity index (χ4n) is 4.89. The van der Waals surface area contributed by atoms with Gasteiger partial charge in [0.2, 0.25) is 0 Å². The molecular weight excluding hydrogens is 288 g/mol.